The molecule has 6 nitrogen and oxygen atoms in total. The summed E-state index contributed by atoms with van der Waals surface area (Å²) in [5.41, 5.74) is 2.12. The summed E-state index contributed by atoms with van der Waals surface area (Å²) in [5, 5.41) is 10.9. The van der Waals surface area contributed by atoms with Gasteiger partial charge in [0.05, 0.1) is 17.6 Å². The standard InChI is InChI=1S/C17H16FN3O3S/c1-10-7-12(3-4-14(10)18)8-19-15(22)9-25-17-21-20-16(24-17)13-5-6-23-11(13)2/h3-7H,8-9H2,1-2H3,(H,19,22). The number of furan rings is 1. The predicted molar refractivity (Wildman–Crippen MR) is 90.4 cm³/mol. The Morgan fingerprint density at radius 1 is 1.28 bits per heavy atom. The van der Waals surface area contributed by atoms with Crippen molar-refractivity contribution in [2.45, 2.75) is 25.6 Å². The van der Waals surface area contributed by atoms with Crippen molar-refractivity contribution in [3.8, 4) is 11.5 Å². The molecule has 0 aliphatic carbocycles. The fourth-order valence-corrected chi connectivity index (χ4v) is 2.77. The topological polar surface area (TPSA) is 81.2 Å². The minimum atomic E-state index is -0.259. The third kappa shape index (κ3) is 4.27. The monoisotopic (exact) mass is 361 g/mol. The summed E-state index contributed by atoms with van der Waals surface area (Å²) in [4.78, 5) is 11.9. The van der Waals surface area contributed by atoms with E-state index in [1.54, 1.807) is 38.3 Å². The van der Waals surface area contributed by atoms with Crippen molar-refractivity contribution >= 4 is 17.7 Å². The zero-order chi connectivity index (χ0) is 17.8. The molecule has 8 heteroatoms. The van der Waals surface area contributed by atoms with Gasteiger partial charge in [-0.1, -0.05) is 23.9 Å². The number of halogens is 1. The van der Waals surface area contributed by atoms with Gasteiger partial charge in [-0.3, -0.25) is 4.79 Å². The highest BCUT2D eigenvalue weighted by molar-refractivity contribution is 7.99. The van der Waals surface area contributed by atoms with E-state index in [4.69, 9.17) is 8.83 Å². The molecule has 3 rings (SSSR count). The SMILES string of the molecule is Cc1cc(CNC(=O)CSc2nnc(-c3ccoc3C)o2)ccc1F. The molecule has 0 fully saturated rings. The predicted octanol–water partition coefficient (Wildman–Crippen LogP) is 3.49. The van der Waals surface area contributed by atoms with Gasteiger partial charge >= 0.3 is 0 Å². The number of rotatable bonds is 6. The summed E-state index contributed by atoms with van der Waals surface area (Å²) < 4.78 is 23.9. The largest absolute Gasteiger partial charge is 0.469 e. The van der Waals surface area contributed by atoms with E-state index in [1.165, 1.54) is 6.07 Å². The zero-order valence-corrected chi connectivity index (χ0v) is 14.5. The normalized spacial score (nSPS) is 10.8. The smallest absolute Gasteiger partial charge is 0.277 e. The van der Waals surface area contributed by atoms with Crippen molar-refractivity contribution in [3.63, 3.8) is 0 Å². The van der Waals surface area contributed by atoms with Crippen LogP contribution < -0.4 is 5.32 Å². The summed E-state index contributed by atoms with van der Waals surface area (Å²) in [6.45, 7) is 3.83. The molecule has 1 aromatic carbocycles. The van der Waals surface area contributed by atoms with E-state index in [1.807, 2.05) is 0 Å². The van der Waals surface area contributed by atoms with Gasteiger partial charge in [0.15, 0.2) is 0 Å². The van der Waals surface area contributed by atoms with Gasteiger partial charge in [-0.2, -0.15) is 0 Å². The summed E-state index contributed by atoms with van der Waals surface area (Å²) in [6, 6.07) is 6.49. The van der Waals surface area contributed by atoms with E-state index >= 15 is 0 Å². The first kappa shape index (κ1) is 17.2. The molecule has 0 unspecified atom stereocenters. The van der Waals surface area contributed by atoms with Crippen molar-refractivity contribution in [1.82, 2.24) is 15.5 Å². The number of amides is 1. The van der Waals surface area contributed by atoms with Crippen LogP contribution in [0.15, 0.2) is 44.6 Å². The number of nitrogens with zero attached hydrogens (tertiary/aromatic N) is 2. The third-order valence-corrected chi connectivity index (χ3v) is 4.35. The van der Waals surface area contributed by atoms with Crippen molar-refractivity contribution in [2.24, 2.45) is 0 Å². The van der Waals surface area contributed by atoms with Gasteiger partial charge in [-0.05, 0) is 37.1 Å². The molecule has 3 aromatic rings. The lowest BCUT2D eigenvalue weighted by Crippen LogP contribution is -2.24. The van der Waals surface area contributed by atoms with Crippen molar-refractivity contribution in [3.05, 3.63) is 53.2 Å². The number of nitrogens with one attached hydrogen (secondary N) is 1. The van der Waals surface area contributed by atoms with E-state index in [0.29, 0.717) is 29.0 Å². The number of hydrogen-bond acceptors (Lipinski definition) is 6. The minimum Gasteiger partial charge on any atom is -0.469 e. The maximum absolute atomic E-state index is 13.2. The van der Waals surface area contributed by atoms with Crippen LogP contribution >= 0.6 is 11.8 Å². The van der Waals surface area contributed by atoms with Crippen molar-refractivity contribution < 1.29 is 18.0 Å². The molecular weight excluding hydrogens is 345 g/mol. The van der Waals surface area contributed by atoms with Crippen molar-refractivity contribution in [1.29, 1.82) is 0 Å². The van der Waals surface area contributed by atoms with Gasteiger partial charge in [-0.25, -0.2) is 4.39 Å². The van der Waals surface area contributed by atoms with E-state index in [-0.39, 0.29) is 17.5 Å². The first-order chi connectivity index (χ1) is 12.0. The van der Waals surface area contributed by atoms with E-state index in [0.717, 1.165) is 22.9 Å². The summed E-state index contributed by atoms with van der Waals surface area (Å²) in [5.74, 6) is 0.756. The van der Waals surface area contributed by atoms with Gasteiger partial charge in [0.1, 0.15) is 11.6 Å². The Labute approximate surface area is 147 Å². The minimum absolute atomic E-state index is 0.145. The maximum atomic E-state index is 13.2. The first-order valence-electron chi connectivity index (χ1n) is 7.55. The molecule has 25 heavy (non-hydrogen) atoms. The van der Waals surface area contributed by atoms with Crippen LogP contribution in [0.25, 0.3) is 11.5 Å². The summed E-state index contributed by atoms with van der Waals surface area (Å²) in [7, 11) is 0. The van der Waals surface area contributed by atoms with Crippen LogP contribution in [-0.4, -0.2) is 21.9 Å². The van der Waals surface area contributed by atoms with Gasteiger partial charge in [0.25, 0.3) is 11.1 Å². The molecule has 2 aromatic heterocycles. The Kier molecular flexibility index (Phi) is 5.18. The van der Waals surface area contributed by atoms with Gasteiger partial charge in [-0.15, -0.1) is 10.2 Å². The highest BCUT2D eigenvalue weighted by Gasteiger charge is 2.14. The highest BCUT2D eigenvalue weighted by Crippen LogP contribution is 2.26. The van der Waals surface area contributed by atoms with Gasteiger partial charge in [0.2, 0.25) is 5.91 Å². The average Bonchev–Trinajstić information content (AvgIpc) is 3.22. The Morgan fingerprint density at radius 2 is 2.12 bits per heavy atom. The van der Waals surface area contributed by atoms with Crippen LogP contribution in [-0.2, 0) is 11.3 Å². The van der Waals surface area contributed by atoms with E-state index < -0.39 is 0 Å². The molecule has 0 atom stereocenters. The second-order valence-electron chi connectivity index (χ2n) is 5.41. The fourth-order valence-electron chi connectivity index (χ4n) is 2.18. The van der Waals surface area contributed by atoms with Crippen LogP contribution in [0.1, 0.15) is 16.9 Å². The molecule has 1 N–H and O–H groups in total. The van der Waals surface area contributed by atoms with Gasteiger partial charge < -0.3 is 14.2 Å². The van der Waals surface area contributed by atoms with Crippen LogP contribution in [0.5, 0.6) is 0 Å². The van der Waals surface area contributed by atoms with Crippen LogP contribution in [0.4, 0.5) is 4.39 Å². The summed E-state index contributed by atoms with van der Waals surface area (Å²) >= 11 is 1.15. The van der Waals surface area contributed by atoms with Gasteiger partial charge in [0, 0.05) is 6.54 Å². The molecular formula is C17H16FN3O3S. The number of hydrogen-bond donors (Lipinski definition) is 1. The van der Waals surface area contributed by atoms with Crippen LogP contribution in [0.2, 0.25) is 0 Å². The van der Waals surface area contributed by atoms with Crippen molar-refractivity contribution in [2.75, 3.05) is 5.75 Å². The number of aryl methyl sites for hydroxylation is 2. The Balaban J connectivity index is 1.50. The van der Waals surface area contributed by atoms with E-state index in [9.17, 15) is 9.18 Å². The lowest BCUT2D eigenvalue weighted by atomic mass is 10.1. The molecule has 0 aliphatic rings. The highest BCUT2D eigenvalue weighted by atomic mass is 32.2. The molecule has 0 bridgehead atoms. The molecule has 2 heterocycles. The molecule has 0 saturated heterocycles. The number of thioether (sulfide) groups is 1. The fraction of sp³-hybridized carbons (Fsp3) is 0.235. The second-order valence-corrected chi connectivity index (χ2v) is 6.34. The summed E-state index contributed by atoms with van der Waals surface area (Å²) in [6.07, 6.45) is 1.55. The number of carbonyl (C=O) groups is 1. The number of aromatic nitrogens is 2. The molecule has 0 radical (unpaired) electrons. The number of benzene rings is 1. The lowest BCUT2D eigenvalue weighted by molar-refractivity contribution is -0.118. The quantitative estimate of drug-likeness (QED) is 0.677. The van der Waals surface area contributed by atoms with Crippen LogP contribution in [0.3, 0.4) is 0 Å². The maximum Gasteiger partial charge on any atom is 0.277 e. The zero-order valence-electron chi connectivity index (χ0n) is 13.7. The molecule has 0 spiro atoms. The Morgan fingerprint density at radius 3 is 2.84 bits per heavy atom. The Hall–Kier alpha value is -2.61. The van der Waals surface area contributed by atoms with Crippen LogP contribution in [0, 0.1) is 19.7 Å². The number of carbonyl (C=O) groups excluding carboxylic acids is 1. The first-order valence-corrected chi connectivity index (χ1v) is 8.54. The molecule has 130 valence electrons. The third-order valence-electron chi connectivity index (χ3n) is 3.53. The average molecular weight is 361 g/mol. The Bertz CT molecular complexity index is 891. The molecule has 0 saturated carbocycles. The molecule has 1 amide bonds. The van der Waals surface area contributed by atoms with E-state index in [2.05, 4.69) is 15.5 Å². The lowest BCUT2D eigenvalue weighted by Gasteiger charge is -2.05. The second kappa shape index (κ2) is 7.52. The molecule has 0 aliphatic heterocycles.